The number of nitrogens with one attached hydrogen (secondary N) is 1. The van der Waals surface area contributed by atoms with Gasteiger partial charge in [-0.15, -0.1) is 11.3 Å². The highest BCUT2D eigenvalue weighted by atomic mass is 32.1. The Morgan fingerprint density at radius 3 is 2.59 bits per heavy atom. The fourth-order valence-corrected chi connectivity index (χ4v) is 4.06. The molecule has 0 unspecified atom stereocenters. The number of nitrogens with zero attached hydrogens (tertiary/aromatic N) is 4. The highest BCUT2D eigenvalue weighted by Crippen LogP contribution is 2.25. The zero-order valence-electron chi connectivity index (χ0n) is 17.9. The van der Waals surface area contributed by atoms with Gasteiger partial charge in [-0.2, -0.15) is 5.10 Å². The van der Waals surface area contributed by atoms with Crippen molar-refractivity contribution in [3.8, 4) is 16.3 Å². The number of aromatic nitrogens is 3. The van der Waals surface area contributed by atoms with Gasteiger partial charge in [-0.3, -0.25) is 9.59 Å². The SMILES string of the molecule is CCN(CC)C(=O)c1cccc(NC(=O)c2csc(-c3cnn(-c4ccccc4)c3)n2)c1. The summed E-state index contributed by atoms with van der Waals surface area (Å²) in [6, 6.07) is 16.8. The Kier molecular flexibility index (Phi) is 6.42. The van der Waals surface area contributed by atoms with Gasteiger partial charge in [-0.1, -0.05) is 24.3 Å². The normalized spacial score (nSPS) is 10.7. The lowest BCUT2D eigenvalue weighted by atomic mass is 10.1. The summed E-state index contributed by atoms with van der Waals surface area (Å²) < 4.78 is 1.77. The predicted octanol–water partition coefficient (Wildman–Crippen LogP) is 4.73. The molecule has 2 aromatic carbocycles. The Balaban J connectivity index is 1.48. The first kappa shape index (κ1) is 21.5. The lowest BCUT2D eigenvalue weighted by Gasteiger charge is -2.18. The van der Waals surface area contributed by atoms with Crippen LogP contribution in [0.15, 0.2) is 72.4 Å². The molecule has 2 heterocycles. The van der Waals surface area contributed by atoms with Crippen molar-refractivity contribution >= 4 is 28.8 Å². The van der Waals surface area contributed by atoms with E-state index in [2.05, 4.69) is 15.4 Å². The highest BCUT2D eigenvalue weighted by Gasteiger charge is 2.16. The summed E-state index contributed by atoms with van der Waals surface area (Å²) in [5, 5.41) is 9.65. The van der Waals surface area contributed by atoms with E-state index in [1.807, 2.05) is 50.4 Å². The molecule has 2 aromatic heterocycles. The van der Waals surface area contributed by atoms with Crippen molar-refractivity contribution in [2.24, 2.45) is 0 Å². The van der Waals surface area contributed by atoms with Crippen molar-refractivity contribution in [1.82, 2.24) is 19.7 Å². The number of carbonyl (C=O) groups excluding carboxylic acids is 2. The Morgan fingerprint density at radius 1 is 1.06 bits per heavy atom. The third-order valence-electron chi connectivity index (χ3n) is 5.01. The monoisotopic (exact) mass is 445 g/mol. The molecule has 4 rings (SSSR count). The number of anilines is 1. The van der Waals surface area contributed by atoms with E-state index >= 15 is 0 Å². The Labute approximate surface area is 190 Å². The topological polar surface area (TPSA) is 80.1 Å². The van der Waals surface area contributed by atoms with Crippen LogP contribution in [0.2, 0.25) is 0 Å². The average molecular weight is 446 g/mol. The van der Waals surface area contributed by atoms with Crippen molar-refractivity contribution in [3.63, 3.8) is 0 Å². The number of hydrogen-bond donors (Lipinski definition) is 1. The first-order valence-electron chi connectivity index (χ1n) is 10.4. The molecule has 0 aliphatic carbocycles. The van der Waals surface area contributed by atoms with E-state index in [1.54, 1.807) is 45.4 Å². The van der Waals surface area contributed by atoms with Crippen LogP contribution in [0, 0.1) is 0 Å². The van der Waals surface area contributed by atoms with Crippen LogP contribution < -0.4 is 5.32 Å². The van der Waals surface area contributed by atoms with Crippen LogP contribution in [0.25, 0.3) is 16.3 Å². The third kappa shape index (κ3) is 4.60. The molecular formula is C24H23N5O2S. The van der Waals surface area contributed by atoms with Crippen LogP contribution in [-0.2, 0) is 0 Å². The summed E-state index contributed by atoms with van der Waals surface area (Å²) in [6.07, 6.45) is 3.62. The number of benzene rings is 2. The summed E-state index contributed by atoms with van der Waals surface area (Å²) >= 11 is 1.38. The maximum atomic E-state index is 12.7. The predicted molar refractivity (Wildman–Crippen MR) is 126 cm³/mol. The minimum absolute atomic E-state index is 0.0579. The quantitative estimate of drug-likeness (QED) is 0.446. The van der Waals surface area contributed by atoms with Crippen LogP contribution in [0.3, 0.4) is 0 Å². The van der Waals surface area contributed by atoms with Crippen LogP contribution in [0.5, 0.6) is 0 Å². The molecule has 7 nitrogen and oxygen atoms in total. The molecule has 0 aliphatic rings. The number of amides is 2. The summed E-state index contributed by atoms with van der Waals surface area (Å²) in [5.74, 6) is -0.382. The van der Waals surface area contributed by atoms with E-state index < -0.39 is 0 Å². The van der Waals surface area contributed by atoms with Crippen LogP contribution >= 0.6 is 11.3 Å². The van der Waals surface area contributed by atoms with Crippen molar-refractivity contribution < 1.29 is 9.59 Å². The fourth-order valence-electron chi connectivity index (χ4n) is 3.28. The maximum absolute atomic E-state index is 12.7. The van der Waals surface area contributed by atoms with Crippen molar-refractivity contribution in [2.75, 3.05) is 18.4 Å². The van der Waals surface area contributed by atoms with Gasteiger partial charge in [-0.05, 0) is 44.2 Å². The van der Waals surface area contributed by atoms with Gasteiger partial charge >= 0.3 is 0 Å². The number of hydrogen-bond acceptors (Lipinski definition) is 5. The molecule has 0 saturated carbocycles. The van der Waals surface area contributed by atoms with E-state index in [0.717, 1.165) is 11.3 Å². The number of carbonyl (C=O) groups is 2. The number of para-hydroxylation sites is 1. The maximum Gasteiger partial charge on any atom is 0.275 e. The van der Waals surface area contributed by atoms with E-state index in [4.69, 9.17) is 0 Å². The Hall–Kier alpha value is -3.78. The molecule has 0 aliphatic heterocycles. The Morgan fingerprint density at radius 2 is 1.84 bits per heavy atom. The van der Waals surface area contributed by atoms with Crippen LogP contribution in [-0.4, -0.2) is 44.6 Å². The third-order valence-corrected chi connectivity index (χ3v) is 5.90. The van der Waals surface area contributed by atoms with Crippen molar-refractivity contribution in [3.05, 3.63) is 83.6 Å². The molecule has 2 amide bonds. The summed E-state index contributed by atoms with van der Waals surface area (Å²) in [4.78, 5) is 31.5. The molecule has 8 heteroatoms. The van der Waals surface area contributed by atoms with Gasteiger partial charge in [-0.25, -0.2) is 9.67 Å². The van der Waals surface area contributed by atoms with Crippen LogP contribution in [0.1, 0.15) is 34.7 Å². The summed E-state index contributed by atoms with van der Waals surface area (Å²) in [7, 11) is 0. The zero-order valence-corrected chi connectivity index (χ0v) is 18.7. The minimum Gasteiger partial charge on any atom is -0.339 e. The Bertz CT molecular complexity index is 1230. The molecule has 4 aromatic rings. The second-order valence-electron chi connectivity index (χ2n) is 7.06. The largest absolute Gasteiger partial charge is 0.339 e. The van der Waals surface area contributed by atoms with Gasteiger partial charge in [0, 0.05) is 41.5 Å². The van der Waals surface area contributed by atoms with Crippen molar-refractivity contribution in [2.45, 2.75) is 13.8 Å². The van der Waals surface area contributed by atoms with Gasteiger partial charge in [0.1, 0.15) is 10.7 Å². The van der Waals surface area contributed by atoms with Crippen LogP contribution in [0.4, 0.5) is 5.69 Å². The van der Waals surface area contributed by atoms with Gasteiger partial charge in [0.05, 0.1) is 11.9 Å². The zero-order chi connectivity index (χ0) is 22.5. The van der Waals surface area contributed by atoms with E-state index in [1.165, 1.54) is 11.3 Å². The summed E-state index contributed by atoms with van der Waals surface area (Å²) in [5.41, 5.74) is 3.20. The molecule has 0 saturated heterocycles. The highest BCUT2D eigenvalue weighted by molar-refractivity contribution is 7.13. The van der Waals surface area contributed by atoms with Crippen molar-refractivity contribution in [1.29, 1.82) is 0 Å². The molecule has 162 valence electrons. The first-order chi connectivity index (χ1) is 15.6. The average Bonchev–Trinajstić information content (AvgIpc) is 3.51. The number of rotatable bonds is 7. The fraction of sp³-hybridized carbons (Fsp3) is 0.167. The first-order valence-corrected chi connectivity index (χ1v) is 11.2. The molecule has 0 spiro atoms. The second-order valence-corrected chi connectivity index (χ2v) is 7.92. The molecule has 32 heavy (non-hydrogen) atoms. The van der Waals surface area contributed by atoms with E-state index in [9.17, 15) is 9.59 Å². The molecule has 0 atom stereocenters. The van der Waals surface area contributed by atoms with Gasteiger partial charge in [0.15, 0.2) is 0 Å². The molecule has 0 bridgehead atoms. The van der Waals surface area contributed by atoms with Gasteiger partial charge in [0.2, 0.25) is 0 Å². The lowest BCUT2D eigenvalue weighted by molar-refractivity contribution is 0.0772. The minimum atomic E-state index is -0.324. The lowest BCUT2D eigenvalue weighted by Crippen LogP contribution is -2.30. The molecule has 1 N–H and O–H groups in total. The standard InChI is InChI=1S/C24H23N5O2S/c1-3-28(4-2)24(31)17-9-8-10-19(13-17)26-22(30)21-16-32-23(27-21)18-14-25-29(15-18)20-11-6-5-7-12-20/h5-16H,3-4H2,1-2H3,(H,26,30). The summed E-state index contributed by atoms with van der Waals surface area (Å²) in [6.45, 7) is 5.15. The smallest absolute Gasteiger partial charge is 0.275 e. The molecule has 0 fully saturated rings. The van der Waals surface area contributed by atoms with Gasteiger partial charge in [0.25, 0.3) is 11.8 Å². The van der Waals surface area contributed by atoms with Gasteiger partial charge < -0.3 is 10.2 Å². The second kappa shape index (κ2) is 9.57. The molecule has 0 radical (unpaired) electrons. The van der Waals surface area contributed by atoms with E-state index in [-0.39, 0.29) is 11.8 Å². The number of thiazole rings is 1. The molecular weight excluding hydrogens is 422 g/mol. The van der Waals surface area contributed by atoms with E-state index in [0.29, 0.717) is 35.0 Å².